The number of amides is 2. The molecule has 1 heterocycles. The molecule has 0 aliphatic heterocycles. The van der Waals surface area contributed by atoms with Gasteiger partial charge in [-0.25, -0.2) is 4.79 Å². The Balaban J connectivity index is 2.52. The van der Waals surface area contributed by atoms with E-state index in [-0.39, 0.29) is 12.5 Å². The number of rotatable bonds is 5. The number of thiophene rings is 1. The van der Waals surface area contributed by atoms with E-state index in [0.29, 0.717) is 9.88 Å². The van der Waals surface area contributed by atoms with Crippen LogP contribution in [-0.4, -0.2) is 42.6 Å². The molecular weight excluding hydrogens is 272 g/mol. The van der Waals surface area contributed by atoms with Crippen molar-refractivity contribution in [3.63, 3.8) is 0 Å². The Hall–Kier alpha value is -1.93. The van der Waals surface area contributed by atoms with Crippen molar-refractivity contribution in [1.82, 2.24) is 5.32 Å². The predicted octanol–water partition coefficient (Wildman–Crippen LogP) is -0.0298. The van der Waals surface area contributed by atoms with Gasteiger partial charge in [-0.15, -0.1) is 11.3 Å². The van der Waals surface area contributed by atoms with E-state index in [2.05, 4.69) is 15.4 Å². The Morgan fingerprint density at radius 1 is 1.42 bits per heavy atom. The number of anilines is 1. The second-order valence-electron chi connectivity index (χ2n) is 3.59. The molecule has 1 aromatic heterocycles. The third-order valence-corrected chi connectivity index (χ3v) is 3.06. The van der Waals surface area contributed by atoms with Gasteiger partial charge in [0.2, 0.25) is 5.91 Å². The monoisotopic (exact) mass is 286 g/mol. The molecule has 0 bridgehead atoms. The van der Waals surface area contributed by atoms with Crippen molar-refractivity contribution in [2.45, 2.75) is 13.0 Å². The molecule has 0 aliphatic carbocycles. The van der Waals surface area contributed by atoms with Crippen molar-refractivity contribution >= 4 is 34.1 Å². The zero-order chi connectivity index (χ0) is 14.4. The largest absolute Gasteiger partial charge is 0.467 e. The summed E-state index contributed by atoms with van der Waals surface area (Å²) in [4.78, 5) is 33.8. The molecular formula is C11H14N2O5S. The molecule has 1 unspecified atom stereocenters. The molecule has 104 valence electrons. The summed E-state index contributed by atoms with van der Waals surface area (Å²) in [7, 11) is 1.15. The lowest BCUT2D eigenvalue weighted by molar-refractivity contribution is -0.149. The molecule has 0 aliphatic rings. The zero-order valence-corrected chi connectivity index (χ0v) is 11.2. The summed E-state index contributed by atoms with van der Waals surface area (Å²) in [6.45, 7) is 1.13. The van der Waals surface area contributed by atoms with Crippen LogP contribution in [0.15, 0.2) is 12.1 Å². The second-order valence-corrected chi connectivity index (χ2v) is 4.68. The van der Waals surface area contributed by atoms with E-state index in [0.717, 1.165) is 18.4 Å². The minimum absolute atomic E-state index is 0.227. The van der Waals surface area contributed by atoms with Gasteiger partial charge in [-0.1, -0.05) is 0 Å². The summed E-state index contributed by atoms with van der Waals surface area (Å²) in [6, 6.07) is 3.13. The normalized spacial score (nSPS) is 11.5. The second kappa shape index (κ2) is 6.86. The molecule has 0 saturated carbocycles. The summed E-state index contributed by atoms with van der Waals surface area (Å²) < 4.78 is 4.31. The van der Waals surface area contributed by atoms with Gasteiger partial charge in [-0.3, -0.25) is 9.59 Å². The lowest BCUT2D eigenvalue weighted by Crippen LogP contribution is -2.36. The Morgan fingerprint density at radius 2 is 2.11 bits per heavy atom. The van der Waals surface area contributed by atoms with E-state index >= 15 is 0 Å². The molecule has 0 radical (unpaired) electrons. The lowest BCUT2D eigenvalue weighted by Gasteiger charge is -2.08. The number of carbonyl (C=O) groups excluding carboxylic acids is 3. The van der Waals surface area contributed by atoms with E-state index < -0.39 is 18.0 Å². The van der Waals surface area contributed by atoms with Gasteiger partial charge < -0.3 is 20.5 Å². The summed E-state index contributed by atoms with van der Waals surface area (Å²) in [6.07, 6.45) is -1.40. The smallest absolute Gasteiger partial charge is 0.336 e. The van der Waals surface area contributed by atoms with Crippen molar-refractivity contribution in [1.29, 1.82) is 0 Å². The Kier molecular flexibility index (Phi) is 5.46. The van der Waals surface area contributed by atoms with Gasteiger partial charge in [-0.05, 0) is 12.1 Å². The van der Waals surface area contributed by atoms with Gasteiger partial charge in [-0.2, -0.15) is 0 Å². The highest BCUT2D eigenvalue weighted by Crippen LogP contribution is 2.21. The first kappa shape index (κ1) is 15.1. The quantitative estimate of drug-likeness (QED) is 0.659. The molecule has 2 amide bonds. The highest BCUT2D eigenvalue weighted by molar-refractivity contribution is 7.18. The topological polar surface area (TPSA) is 105 Å². The van der Waals surface area contributed by atoms with Crippen LogP contribution in [0.1, 0.15) is 16.6 Å². The van der Waals surface area contributed by atoms with Gasteiger partial charge in [0.15, 0.2) is 6.10 Å². The molecule has 1 aromatic rings. The first-order valence-corrected chi connectivity index (χ1v) is 6.17. The van der Waals surface area contributed by atoms with Crippen LogP contribution in [0.25, 0.3) is 0 Å². The van der Waals surface area contributed by atoms with Crippen LogP contribution in [-0.2, 0) is 14.3 Å². The number of hydrogen-bond donors (Lipinski definition) is 3. The first-order chi connectivity index (χ1) is 8.93. The minimum atomic E-state index is -1.40. The predicted molar refractivity (Wildman–Crippen MR) is 69.0 cm³/mol. The van der Waals surface area contributed by atoms with Gasteiger partial charge >= 0.3 is 5.97 Å². The van der Waals surface area contributed by atoms with E-state index in [1.165, 1.54) is 13.0 Å². The van der Waals surface area contributed by atoms with E-state index in [1.54, 1.807) is 6.07 Å². The maximum Gasteiger partial charge on any atom is 0.336 e. The summed E-state index contributed by atoms with van der Waals surface area (Å²) in [5.74, 6) is -1.48. The van der Waals surface area contributed by atoms with E-state index in [4.69, 9.17) is 0 Å². The summed E-state index contributed by atoms with van der Waals surface area (Å²) >= 11 is 1.09. The first-order valence-electron chi connectivity index (χ1n) is 5.35. The Morgan fingerprint density at radius 3 is 2.68 bits per heavy atom. The molecule has 1 rings (SSSR count). The van der Waals surface area contributed by atoms with Crippen molar-refractivity contribution in [2.75, 3.05) is 19.0 Å². The Labute approximate surface area is 113 Å². The fourth-order valence-corrected chi connectivity index (χ4v) is 2.07. The molecule has 0 fully saturated rings. The molecule has 19 heavy (non-hydrogen) atoms. The molecule has 0 spiro atoms. The molecule has 7 nitrogen and oxygen atoms in total. The van der Waals surface area contributed by atoms with Gasteiger partial charge in [0.1, 0.15) is 0 Å². The number of methoxy groups -OCH3 is 1. The maximum absolute atomic E-state index is 11.7. The molecule has 3 N–H and O–H groups in total. The SMILES string of the molecule is COC(=O)C(O)CNC(=O)c1ccc(NC(C)=O)s1. The molecule has 0 aromatic carbocycles. The zero-order valence-electron chi connectivity index (χ0n) is 10.4. The minimum Gasteiger partial charge on any atom is -0.467 e. The van der Waals surface area contributed by atoms with E-state index in [9.17, 15) is 19.5 Å². The number of esters is 1. The lowest BCUT2D eigenvalue weighted by atomic mass is 10.3. The fraction of sp³-hybridized carbons (Fsp3) is 0.364. The van der Waals surface area contributed by atoms with Crippen LogP contribution in [0.3, 0.4) is 0 Å². The standard InChI is InChI=1S/C11H14N2O5S/c1-6(14)13-9-4-3-8(19-9)10(16)12-5-7(15)11(17)18-2/h3-4,7,15H,5H2,1-2H3,(H,12,16)(H,13,14). The summed E-state index contributed by atoms with van der Waals surface area (Å²) in [5, 5.41) is 14.8. The van der Waals surface area contributed by atoms with Crippen LogP contribution < -0.4 is 10.6 Å². The number of carbonyl (C=O) groups is 3. The van der Waals surface area contributed by atoms with Crippen molar-refractivity contribution in [3.8, 4) is 0 Å². The third-order valence-electron chi connectivity index (χ3n) is 2.06. The highest BCUT2D eigenvalue weighted by atomic mass is 32.1. The average Bonchev–Trinajstić information content (AvgIpc) is 2.82. The molecule has 0 saturated heterocycles. The van der Waals surface area contributed by atoms with Crippen LogP contribution in [0.2, 0.25) is 0 Å². The molecule has 8 heteroatoms. The van der Waals surface area contributed by atoms with Crippen molar-refractivity contribution in [3.05, 3.63) is 17.0 Å². The number of hydrogen-bond acceptors (Lipinski definition) is 6. The Bertz CT molecular complexity index is 485. The van der Waals surface area contributed by atoms with Crippen molar-refractivity contribution in [2.24, 2.45) is 0 Å². The highest BCUT2D eigenvalue weighted by Gasteiger charge is 2.17. The fourth-order valence-electron chi connectivity index (χ4n) is 1.20. The summed E-state index contributed by atoms with van der Waals surface area (Å²) in [5.41, 5.74) is 0. The van der Waals surface area contributed by atoms with Gasteiger partial charge in [0.05, 0.1) is 23.5 Å². The van der Waals surface area contributed by atoms with Gasteiger partial charge in [0.25, 0.3) is 5.91 Å². The van der Waals surface area contributed by atoms with Gasteiger partial charge in [0, 0.05) is 6.92 Å². The van der Waals surface area contributed by atoms with Crippen LogP contribution in [0, 0.1) is 0 Å². The number of nitrogens with one attached hydrogen (secondary N) is 2. The number of ether oxygens (including phenoxy) is 1. The van der Waals surface area contributed by atoms with Crippen LogP contribution in [0.4, 0.5) is 5.00 Å². The number of aliphatic hydroxyl groups excluding tert-OH is 1. The van der Waals surface area contributed by atoms with Crippen LogP contribution >= 0.6 is 11.3 Å². The molecule has 1 atom stereocenters. The van der Waals surface area contributed by atoms with E-state index in [1.807, 2.05) is 0 Å². The number of aliphatic hydroxyl groups is 1. The van der Waals surface area contributed by atoms with Crippen LogP contribution in [0.5, 0.6) is 0 Å². The third kappa shape index (κ3) is 4.68. The average molecular weight is 286 g/mol. The maximum atomic E-state index is 11.7. The van der Waals surface area contributed by atoms with Crippen molar-refractivity contribution < 1.29 is 24.2 Å².